The smallest absolute Gasteiger partial charge is 0.310 e. The van der Waals surface area contributed by atoms with Gasteiger partial charge in [0, 0.05) is 33.3 Å². The van der Waals surface area contributed by atoms with E-state index in [-0.39, 0.29) is 11.9 Å². The number of aliphatic imine (C=N–C) groups is 1. The predicted octanol–water partition coefficient (Wildman–Crippen LogP) is 2.49. The number of carbonyl (C=O) groups excluding carboxylic acids is 1. The molecule has 6 heteroatoms. The van der Waals surface area contributed by atoms with Crippen LogP contribution in [-0.2, 0) is 20.7 Å². The molecule has 0 aliphatic carbocycles. The van der Waals surface area contributed by atoms with E-state index in [9.17, 15) is 4.79 Å². The molecule has 1 N–H and O–H groups in total. The van der Waals surface area contributed by atoms with E-state index in [2.05, 4.69) is 39.5 Å². The lowest BCUT2D eigenvalue weighted by Gasteiger charge is -2.33. The monoisotopic (exact) mass is 375 g/mol. The van der Waals surface area contributed by atoms with Crippen molar-refractivity contribution in [3.8, 4) is 0 Å². The van der Waals surface area contributed by atoms with Crippen molar-refractivity contribution in [2.24, 2.45) is 10.9 Å². The van der Waals surface area contributed by atoms with E-state index in [0.717, 1.165) is 57.9 Å². The number of nitrogens with zero attached hydrogens (tertiary/aromatic N) is 2. The fourth-order valence-corrected chi connectivity index (χ4v) is 3.27. The minimum absolute atomic E-state index is 0.0569. The fraction of sp³-hybridized carbons (Fsp3) is 0.619. The lowest BCUT2D eigenvalue weighted by Crippen LogP contribution is -2.48. The van der Waals surface area contributed by atoms with Gasteiger partial charge in [-0.05, 0) is 38.2 Å². The number of esters is 1. The van der Waals surface area contributed by atoms with E-state index in [0.29, 0.717) is 13.2 Å². The first-order valence-electron chi connectivity index (χ1n) is 9.98. The van der Waals surface area contributed by atoms with Crippen LogP contribution in [0.3, 0.4) is 0 Å². The number of guanidine groups is 1. The van der Waals surface area contributed by atoms with Crippen LogP contribution in [0.1, 0.15) is 31.7 Å². The molecular weight excluding hydrogens is 342 g/mol. The molecule has 0 radical (unpaired) electrons. The maximum Gasteiger partial charge on any atom is 0.310 e. The van der Waals surface area contributed by atoms with Gasteiger partial charge in [-0.3, -0.25) is 9.79 Å². The Kier molecular flexibility index (Phi) is 9.69. The van der Waals surface area contributed by atoms with Crippen LogP contribution in [0.4, 0.5) is 0 Å². The van der Waals surface area contributed by atoms with Crippen LogP contribution in [0.15, 0.2) is 35.3 Å². The van der Waals surface area contributed by atoms with Crippen molar-refractivity contribution < 1.29 is 14.3 Å². The van der Waals surface area contributed by atoms with Gasteiger partial charge in [-0.2, -0.15) is 0 Å². The fourth-order valence-electron chi connectivity index (χ4n) is 3.27. The summed E-state index contributed by atoms with van der Waals surface area (Å²) in [5.74, 6) is 0.705. The molecule has 150 valence electrons. The Bertz CT molecular complexity index is 577. The summed E-state index contributed by atoms with van der Waals surface area (Å²) in [6.45, 7) is 6.15. The van der Waals surface area contributed by atoms with Crippen molar-refractivity contribution in [1.82, 2.24) is 10.2 Å². The number of hydrogen-bond donors (Lipinski definition) is 1. The largest absolute Gasteiger partial charge is 0.466 e. The lowest BCUT2D eigenvalue weighted by molar-refractivity contribution is -0.149. The predicted molar refractivity (Wildman–Crippen MR) is 108 cm³/mol. The number of nitrogens with one attached hydrogen (secondary N) is 1. The quantitative estimate of drug-likeness (QED) is 0.311. The molecule has 6 nitrogen and oxygen atoms in total. The molecule has 1 aromatic rings. The minimum Gasteiger partial charge on any atom is -0.466 e. The van der Waals surface area contributed by atoms with Crippen molar-refractivity contribution in [3.63, 3.8) is 0 Å². The molecular formula is C21H33N3O3. The zero-order chi connectivity index (χ0) is 19.3. The molecule has 1 atom stereocenters. The summed E-state index contributed by atoms with van der Waals surface area (Å²) in [6, 6.07) is 10.4. The number of rotatable bonds is 9. The summed E-state index contributed by atoms with van der Waals surface area (Å²) in [7, 11) is 1.78. The molecule has 1 heterocycles. The zero-order valence-electron chi connectivity index (χ0n) is 16.7. The SMILES string of the molecule is CCOC(=O)C1CCCN(C(=NC)NCCCOCCc2ccccc2)C1. The molecule has 0 aromatic heterocycles. The molecule has 1 unspecified atom stereocenters. The summed E-state index contributed by atoms with van der Waals surface area (Å²) >= 11 is 0. The van der Waals surface area contributed by atoms with Crippen LogP contribution in [0.2, 0.25) is 0 Å². The summed E-state index contributed by atoms with van der Waals surface area (Å²) < 4.78 is 10.9. The molecule has 0 amide bonds. The maximum absolute atomic E-state index is 12.0. The second-order valence-corrected chi connectivity index (χ2v) is 6.71. The van der Waals surface area contributed by atoms with Crippen LogP contribution in [0.5, 0.6) is 0 Å². The van der Waals surface area contributed by atoms with Crippen molar-refractivity contribution in [2.45, 2.75) is 32.6 Å². The highest BCUT2D eigenvalue weighted by atomic mass is 16.5. The molecule has 0 bridgehead atoms. The molecule has 2 rings (SSSR count). The van der Waals surface area contributed by atoms with E-state index in [4.69, 9.17) is 9.47 Å². The first kappa shape index (κ1) is 21.2. The van der Waals surface area contributed by atoms with Gasteiger partial charge in [0.25, 0.3) is 0 Å². The second-order valence-electron chi connectivity index (χ2n) is 6.71. The number of carbonyl (C=O) groups is 1. The molecule has 1 aliphatic heterocycles. The Hall–Kier alpha value is -2.08. The molecule has 1 fully saturated rings. The molecule has 1 aromatic carbocycles. The Labute approximate surface area is 162 Å². The summed E-state index contributed by atoms with van der Waals surface area (Å²) in [4.78, 5) is 18.5. The van der Waals surface area contributed by atoms with E-state index < -0.39 is 0 Å². The van der Waals surface area contributed by atoms with Crippen LogP contribution < -0.4 is 5.32 Å². The van der Waals surface area contributed by atoms with Crippen molar-refractivity contribution in [2.75, 3.05) is 46.5 Å². The highest BCUT2D eigenvalue weighted by molar-refractivity contribution is 5.81. The summed E-state index contributed by atoms with van der Waals surface area (Å²) in [5, 5.41) is 3.38. The minimum atomic E-state index is -0.0931. The third-order valence-corrected chi connectivity index (χ3v) is 4.68. The van der Waals surface area contributed by atoms with Gasteiger partial charge in [0.1, 0.15) is 0 Å². The zero-order valence-corrected chi connectivity index (χ0v) is 16.7. The maximum atomic E-state index is 12.0. The van der Waals surface area contributed by atoms with Gasteiger partial charge in [-0.25, -0.2) is 0 Å². The number of likely N-dealkylation sites (tertiary alicyclic amines) is 1. The Balaban J connectivity index is 1.61. The topological polar surface area (TPSA) is 63.2 Å². The van der Waals surface area contributed by atoms with E-state index >= 15 is 0 Å². The van der Waals surface area contributed by atoms with Crippen molar-refractivity contribution in [1.29, 1.82) is 0 Å². The van der Waals surface area contributed by atoms with Gasteiger partial charge in [0.2, 0.25) is 0 Å². The van der Waals surface area contributed by atoms with Crippen molar-refractivity contribution in [3.05, 3.63) is 35.9 Å². The first-order chi connectivity index (χ1) is 13.2. The van der Waals surface area contributed by atoms with Crippen molar-refractivity contribution >= 4 is 11.9 Å². The Morgan fingerprint density at radius 1 is 1.30 bits per heavy atom. The first-order valence-corrected chi connectivity index (χ1v) is 9.98. The van der Waals surface area contributed by atoms with Gasteiger partial charge < -0.3 is 19.7 Å². The molecule has 0 saturated carbocycles. The van der Waals surface area contributed by atoms with Gasteiger partial charge in [-0.1, -0.05) is 30.3 Å². The van der Waals surface area contributed by atoms with E-state index in [1.165, 1.54) is 5.56 Å². The molecule has 1 saturated heterocycles. The molecule has 27 heavy (non-hydrogen) atoms. The van der Waals surface area contributed by atoms with E-state index in [1.807, 2.05) is 13.0 Å². The second kappa shape index (κ2) is 12.3. The standard InChI is InChI=1S/C21H33N3O3/c1-3-27-20(25)19-11-7-14-24(17-19)21(22-2)23-13-8-15-26-16-12-18-9-5-4-6-10-18/h4-6,9-10,19H,3,7-8,11-17H2,1-2H3,(H,22,23). The number of benzene rings is 1. The lowest BCUT2D eigenvalue weighted by atomic mass is 9.98. The number of ether oxygens (including phenoxy) is 2. The normalized spacial score (nSPS) is 17.6. The van der Waals surface area contributed by atoms with Gasteiger partial charge >= 0.3 is 5.97 Å². The number of hydrogen-bond acceptors (Lipinski definition) is 4. The van der Waals surface area contributed by atoms with E-state index in [1.54, 1.807) is 7.05 Å². The average Bonchev–Trinajstić information content (AvgIpc) is 2.71. The highest BCUT2D eigenvalue weighted by Crippen LogP contribution is 2.18. The third-order valence-electron chi connectivity index (χ3n) is 4.68. The molecule has 1 aliphatic rings. The van der Waals surface area contributed by atoms with Gasteiger partial charge in [0.15, 0.2) is 5.96 Å². The average molecular weight is 376 g/mol. The van der Waals surface area contributed by atoms with Crippen LogP contribution in [0.25, 0.3) is 0 Å². The van der Waals surface area contributed by atoms with Gasteiger partial charge in [0.05, 0.1) is 19.1 Å². The van der Waals surface area contributed by atoms with Crippen LogP contribution in [0, 0.1) is 5.92 Å². The Morgan fingerprint density at radius 3 is 2.85 bits per heavy atom. The van der Waals surface area contributed by atoms with Gasteiger partial charge in [-0.15, -0.1) is 0 Å². The highest BCUT2D eigenvalue weighted by Gasteiger charge is 2.28. The Morgan fingerprint density at radius 2 is 2.11 bits per heavy atom. The molecule has 0 spiro atoms. The summed E-state index contributed by atoms with van der Waals surface area (Å²) in [6.07, 6.45) is 3.73. The number of piperidine rings is 1. The van der Waals surface area contributed by atoms with Crippen LogP contribution in [-0.4, -0.2) is 63.3 Å². The third kappa shape index (κ3) is 7.59. The van der Waals surface area contributed by atoms with Crippen LogP contribution >= 0.6 is 0 Å². The summed E-state index contributed by atoms with van der Waals surface area (Å²) in [5.41, 5.74) is 1.30.